The fraction of sp³-hybridized carbons (Fsp3) is 0.125. The van der Waals surface area contributed by atoms with Crippen LogP contribution in [0, 0.1) is 0 Å². The summed E-state index contributed by atoms with van der Waals surface area (Å²) < 4.78 is 11.5. The van der Waals surface area contributed by atoms with Gasteiger partial charge in [0, 0.05) is 49.7 Å². The fourth-order valence-corrected chi connectivity index (χ4v) is 9.03. The van der Waals surface area contributed by atoms with Gasteiger partial charge in [-0.25, -0.2) is 0 Å². The number of para-hydroxylation sites is 2. The summed E-state index contributed by atoms with van der Waals surface area (Å²) in [6.45, 7) is 0. The maximum absolute atomic E-state index is 6.54. The number of aromatic nitrogens is 2. The molecule has 51 heavy (non-hydrogen) atoms. The van der Waals surface area contributed by atoms with Gasteiger partial charge in [-0.3, -0.25) is 0 Å². The minimum atomic E-state index is 0.324. The zero-order valence-electron chi connectivity index (χ0n) is 28.3. The predicted octanol–water partition coefficient (Wildman–Crippen LogP) is 10.7. The van der Waals surface area contributed by atoms with Crippen LogP contribution in [0.25, 0.3) is 79.6 Å². The van der Waals surface area contributed by atoms with Crippen molar-refractivity contribution in [2.24, 2.45) is 0 Å². The minimum absolute atomic E-state index is 0.324. The average Bonchev–Trinajstić information content (AvgIpc) is 3.86. The summed E-state index contributed by atoms with van der Waals surface area (Å²) in [6.07, 6.45) is 19.6. The molecule has 3 aromatic heterocycles. The van der Waals surface area contributed by atoms with Gasteiger partial charge in [0.25, 0.3) is 0 Å². The van der Waals surface area contributed by atoms with Crippen molar-refractivity contribution in [3.8, 4) is 22.5 Å². The summed E-state index contributed by atoms with van der Waals surface area (Å²) in [6, 6.07) is 41.9. The van der Waals surface area contributed by atoms with Crippen molar-refractivity contribution in [2.75, 3.05) is 0 Å². The molecule has 0 aliphatic heterocycles. The normalized spacial score (nSPS) is 16.2. The summed E-state index contributed by atoms with van der Waals surface area (Å²) >= 11 is 0. The van der Waals surface area contributed by atoms with E-state index >= 15 is 0 Å². The predicted molar refractivity (Wildman–Crippen MR) is 212 cm³/mol. The molecular weight excluding hydrogens is 621 g/mol. The molecule has 11 rings (SSSR count). The molecular formula is C48H36N2O. The van der Waals surface area contributed by atoms with E-state index in [2.05, 4.69) is 161 Å². The zero-order chi connectivity index (χ0) is 33.5. The Balaban J connectivity index is 1.04. The van der Waals surface area contributed by atoms with Crippen LogP contribution in [0.5, 0.6) is 0 Å². The first-order valence-corrected chi connectivity index (χ1v) is 18.3. The van der Waals surface area contributed by atoms with Gasteiger partial charge in [-0.15, -0.1) is 0 Å². The molecule has 5 aromatic carbocycles. The Kier molecular flexibility index (Phi) is 6.33. The molecule has 0 N–H and O–H groups in total. The van der Waals surface area contributed by atoms with E-state index < -0.39 is 0 Å². The van der Waals surface area contributed by atoms with Gasteiger partial charge >= 0.3 is 0 Å². The first kappa shape index (κ1) is 28.7. The van der Waals surface area contributed by atoms with Crippen molar-refractivity contribution < 1.29 is 4.42 Å². The molecule has 3 aliphatic rings. The van der Waals surface area contributed by atoms with Crippen LogP contribution >= 0.6 is 0 Å². The standard InChI is InChI=1S/C48H36N2O/c1-2-11-31(12-3-1)32-21-25-35(26-22-32)49-42-17-7-4-13-36(42)40-29-33(23-27-44(40)49)34-24-28-45-41(30-34)37-14-5-8-18-43(37)50(45)46-19-10-16-39-38-15-6-9-20-47(38)51-48(39)46/h1-3,6-12,15-22,24-30,33H,4-5,13-14,23H2. The van der Waals surface area contributed by atoms with Gasteiger partial charge in [-0.1, -0.05) is 103 Å². The summed E-state index contributed by atoms with van der Waals surface area (Å²) in [4.78, 5) is 0. The van der Waals surface area contributed by atoms with Gasteiger partial charge in [-0.05, 0) is 108 Å². The molecule has 0 bridgehead atoms. The van der Waals surface area contributed by atoms with Crippen LogP contribution in [0.2, 0.25) is 0 Å². The minimum Gasteiger partial charge on any atom is -0.454 e. The quantitative estimate of drug-likeness (QED) is 0.185. The van der Waals surface area contributed by atoms with Crippen LogP contribution in [-0.4, -0.2) is 9.13 Å². The molecule has 0 fully saturated rings. The molecule has 8 aromatic rings. The van der Waals surface area contributed by atoms with Gasteiger partial charge < -0.3 is 13.6 Å². The van der Waals surface area contributed by atoms with Crippen molar-refractivity contribution in [3.63, 3.8) is 0 Å². The van der Waals surface area contributed by atoms with Crippen molar-refractivity contribution in [2.45, 2.75) is 38.0 Å². The van der Waals surface area contributed by atoms with Crippen LogP contribution in [0.1, 0.15) is 53.3 Å². The van der Waals surface area contributed by atoms with Gasteiger partial charge in [0.1, 0.15) is 5.58 Å². The number of furan rings is 1. The molecule has 3 heteroatoms. The summed E-state index contributed by atoms with van der Waals surface area (Å²) in [7, 11) is 0. The van der Waals surface area contributed by atoms with E-state index in [1.807, 2.05) is 0 Å². The lowest BCUT2D eigenvalue weighted by atomic mass is 9.89. The van der Waals surface area contributed by atoms with Crippen molar-refractivity contribution in [1.29, 1.82) is 0 Å². The molecule has 3 heterocycles. The van der Waals surface area contributed by atoms with E-state index in [1.54, 1.807) is 0 Å². The highest BCUT2D eigenvalue weighted by Crippen LogP contribution is 2.40. The summed E-state index contributed by atoms with van der Waals surface area (Å²) in [5, 5.41) is 6.44. The largest absolute Gasteiger partial charge is 0.454 e. The molecule has 244 valence electrons. The van der Waals surface area contributed by atoms with E-state index in [0.717, 1.165) is 59.7 Å². The number of hydrogen-bond acceptors (Lipinski definition) is 1. The number of fused-ring (bicyclic) bond motifs is 9. The van der Waals surface area contributed by atoms with Crippen molar-refractivity contribution >= 4 is 57.1 Å². The third kappa shape index (κ3) is 4.37. The van der Waals surface area contributed by atoms with Gasteiger partial charge in [-0.2, -0.15) is 0 Å². The Labute approximate surface area is 296 Å². The third-order valence-electron chi connectivity index (χ3n) is 11.4. The number of allylic oxidation sites excluding steroid dienone is 2. The van der Waals surface area contributed by atoms with Crippen LogP contribution < -0.4 is 10.6 Å². The van der Waals surface area contributed by atoms with E-state index in [-0.39, 0.29) is 0 Å². The highest BCUT2D eigenvalue weighted by Gasteiger charge is 2.25. The Bertz CT molecular complexity index is 2870. The van der Waals surface area contributed by atoms with Crippen LogP contribution in [0.15, 0.2) is 132 Å². The number of rotatable bonds is 4. The van der Waals surface area contributed by atoms with Crippen LogP contribution in [0.3, 0.4) is 0 Å². The maximum atomic E-state index is 6.54. The highest BCUT2D eigenvalue weighted by molar-refractivity contribution is 6.08. The molecule has 0 saturated carbocycles. The SMILES string of the molecule is C1=Cc2c(c3c(n2-c2ccc(-c4ccccc4)cc2)=CCC(c2ccc4c(c2)c2c(n4-c4cccc5c4oc4ccccc45)C=CCC2)C=3)CC1. The Hall–Kier alpha value is -6.06. The van der Waals surface area contributed by atoms with Crippen LogP contribution in [-0.2, 0) is 12.8 Å². The average molecular weight is 657 g/mol. The van der Waals surface area contributed by atoms with E-state index in [4.69, 9.17) is 4.42 Å². The van der Waals surface area contributed by atoms with E-state index in [1.165, 1.54) is 66.4 Å². The van der Waals surface area contributed by atoms with Gasteiger partial charge in [0.15, 0.2) is 5.58 Å². The van der Waals surface area contributed by atoms with Gasteiger partial charge in [0.2, 0.25) is 0 Å². The number of benzene rings is 5. The number of nitrogens with zero attached hydrogens (tertiary/aromatic N) is 2. The molecule has 0 radical (unpaired) electrons. The second-order valence-corrected chi connectivity index (χ2v) is 14.2. The Morgan fingerprint density at radius 3 is 2.22 bits per heavy atom. The van der Waals surface area contributed by atoms with Gasteiger partial charge in [0.05, 0.1) is 11.2 Å². The topological polar surface area (TPSA) is 23.0 Å². The first-order valence-electron chi connectivity index (χ1n) is 18.3. The number of hydrogen-bond donors (Lipinski definition) is 0. The lowest BCUT2D eigenvalue weighted by Gasteiger charge is -2.16. The van der Waals surface area contributed by atoms with Crippen LogP contribution in [0.4, 0.5) is 0 Å². The molecule has 3 nitrogen and oxygen atoms in total. The monoisotopic (exact) mass is 656 g/mol. The van der Waals surface area contributed by atoms with Crippen molar-refractivity contribution in [3.05, 3.63) is 166 Å². The lowest BCUT2D eigenvalue weighted by molar-refractivity contribution is 0.665. The molecule has 1 atom stereocenters. The molecule has 0 spiro atoms. The van der Waals surface area contributed by atoms with Crippen molar-refractivity contribution in [1.82, 2.24) is 9.13 Å². The molecule has 1 unspecified atom stereocenters. The maximum Gasteiger partial charge on any atom is 0.159 e. The smallest absolute Gasteiger partial charge is 0.159 e. The second kappa shape index (κ2) is 11.2. The molecule has 0 saturated heterocycles. The highest BCUT2D eigenvalue weighted by atomic mass is 16.3. The number of aryl methyl sites for hydroxylation is 1. The van der Waals surface area contributed by atoms with E-state index in [0.29, 0.717) is 5.92 Å². The Morgan fingerprint density at radius 2 is 1.35 bits per heavy atom. The lowest BCUT2D eigenvalue weighted by Crippen LogP contribution is -2.33. The zero-order valence-corrected chi connectivity index (χ0v) is 28.3. The molecule has 0 amide bonds. The Morgan fingerprint density at radius 1 is 0.608 bits per heavy atom. The first-order chi connectivity index (χ1) is 25.3. The molecule has 3 aliphatic carbocycles. The fourth-order valence-electron chi connectivity index (χ4n) is 9.03. The second-order valence-electron chi connectivity index (χ2n) is 14.2. The van der Waals surface area contributed by atoms with E-state index in [9.17, 15) is 0 Å². The summed E-state index contributed by atoms with van der Waals surface area (Å²) in [5.41, 5.74) is 14.9. The summed E-state index contributed by atoms with van der Waals surface area (Å²) in [5.74, 6) is 0.324. The third-order valence-corrected chi connectivity index (χ3v) is 11.4.